The average Bonchev–Trinajstić information content (AvgIpc) is 2.70. The van der Waals surface area contributed by atoms with Crippen LogP contribution in [0, 0.1) is 0 Å². The molecule has 9 nitrogen and oxygen atoms in total. The minimum absolute atomic E-state index is 0.0145. The van der Waals surface area contributed by atoms with Crippen molar-refractivity contribution in [3.8, 4) is 0 Å². The molecule has 0 aromatic carbocycles. The predicted molar refractivity (Wildman–Crippen MR) is 113 cm³/mol. The molecule has 0 saturated carbocycles. The van der Waals surface area contributed by atoms with Crippen LogP contribution in [-0.2, 0) is 22.5 Å². The number of nitrogens with one attached hydrogen (secondary N) is 1. The van der Waals surface area contributed by atoms with Gasteiger partial charge >= 0.3 is 6.03 Å². The van der Waals surface area contributed by atoms with Gasteiger partial charge in [-0.25, -0.2) is 14.8 Å². The first-order chi connectivity index (χ1) is 14.2. The van der Waals surface area contributed by atoms with Gasteiger partial charge in [0.05, 0.1) is 24.4 Å². The first-order valence-electron chi connectivity index (χ1n) is 10.5. The van der Waals surface area contributed by atoms with Gasteiger partial charge in [-0.1, -0.05) is 6.92 Å². The van der Waals surface area contributed by atoms with E-state index in [2.05, 4.69) is 27.1 Å². The number of piperidine rings is 1. The second-order valence-corrected chi connectivity index (χ2v) is 8.83. The molecule has 2 fully saturated rings. The number of nitrogens with zero attached hydrogens (tertiary/aromatic N) is 4. The number of amides is 2. The van der Waals surface area contributed by atoms with E-state index in [1.54, 1.807) is 0 Å². The molecule has 1 spiro atoms. The molecule has 3 heterocycles. The lowest BCUT2D eigenvalue weighted by Gasteiger charge is -2.47. The maximum absolute atomic E-state index is 12.5. The van der Waals surface area contributed by atoms with Crippen LogP contribution in [0.4, 0.5) is 4.79 Å². The van der Waals surface area contributed by atoms with E-state index in [-0.39, 0.29) is 23.6 Å². The Morgan fingerprint density at radius 2 is 2.00 bits per heavy atom. The van der Waals surface area contributed by atoms with Crippen LogP contribution in [0.25, 0.3) is 0 Å². The Hall–Kier alpha value is -2.26. The SMILES string of the molecule is CCc1nccc(CN2CCC3(CC2)CN(C(=O)NC(C)(C)C)CCO3)n1.O=CO. The van der Waals surface area contributed by atoms with E-state index in [1.165, 1.54) is 0 Å². The van der Waals surface area contributed by atoms with Crippen LogP contribution in [-0.4, -0.2) is 81.3 Å². The fraction of sp³-hybridized carbons (Fsp3) is 0.714. The summed E-state index contributed by atoms with van der Waals surface area (Å²) in [5.41, 5.74) is 0.652. The summed E-state index contributed by atoms with van der Waals surface area (Å²) in [5.74, 6) is 0.900. The van der Waals surface area contributed by atoms with Crippen LogP contribution >= 0.6 is 0 Å². The van der Waals surface area contributed by atoms with Gasteiger partial charge in [0.1, 0.15) is 5.82 Å². The van der Waals surface area contributed by atoms with Crippen molar-refractivity contribution in [1.82, 2.24) is 25.1 Å². The number of carboxylic acid groups (broad SMARTS) is 1. The molecule has 2 amide bonds. The third kappa shape index (κ3) is 7.21. The molecular weight excluding hydrogens is 386 g/mol. The van der Waals surface area contributed by atoms with Gasteiger partial charge in [-0.05, 0) is 39.7 Å². The highest BCUT2D eigenvalue weighted by molar-refractivity contribution is 5.75. The zero-order valence-electron chi connectivity index (χ0n) is 18.6. The van der Waals surface area contributed by atoms with Crippen LogP contribution in [0.5, 0.6) is 0 Å². The van der Waals surface area contributed by atoms with Gasteiger partial charge in [0, 0.05) is 44.3 Å². The van der Waals surface area contributed by atoms with Crippen molar-refractivity contribution in [1.29, 1.82) is 0 Å². The van der Waals surface area contributed by atoms with Gasteiger partial charge in [-0.2, -0.15) is 0 Å². The third-order valence-corrected chi connectivity index (χ3v) is 5.25. The van der Waals surface area contributed by atoms with Gasteiger partial charge in [0.15, 0.2) is 0 Å². The van der Waals surface area contributed by atoms with Crippen molar-refractivity contribution in [2.75, 3.05) is 32.8 Å². The highest BCUT2D eigenvalue weighted by Gasteiger charge is 2.41. The fourth-order valence-corrected chi connectivity index (χ4v) is 3.77. The number of morpholine rings is 1. The van der Waals surface area contributed by atoms with Crippen molar-refractivity contribution in [2.24, 2.45) is 0 Å². The average molecular weight is 422 g/mol. The maximum atomic E-state index is 12.5. The number of ether oxygens (including phenoxy) is 1. The Bertz CT molecular complexity index is 699. The highest BCUT2D eigenvalue weighted by Crippen LogP contribution is 2.30. The zero-order chi connectivity index (χ0) is 22.2. The number of carbonyl (C=O) groups is 2. The number of aryl methyl sites for hydroxylation is 1. The van der Waals surface area contributed by atoms with Crippen LogP contribution < -0.4 is 5.32 Å². The fourth-order valence-electron chi connectivity index (χ4n) is 3.77. The third-order valence-electron chi connectivity index (χ3n) is 5.25. The molecule has 2 N–H and O–H groups in total. The van der Waals surface area contributed by atoms with Crippen molar-refractivity contribution < 1.29 is 19.4 Å². The van der Waals surface area contributed by atoms with E-state index >= 15 is 0 Å². The van der Waals surface area contributed by atoms with Crippen LogP contribution in [0.3, 0.4) is 0 Å². The first-order valence-corrected chi connectivity index (χ1v) is 10.5. The summed E-state index contributed by atoms with van der Waals surface area (Å²) in [6.45, 7) is 12.6. The molecular formula is C21H35N5O4. The Morgan fingerprint density at radius 3 is 2.60 bits per heavy atom. The van der Waals surface area contributed by atoms with E-state index < -0.39 is 0 Å². The Balaban J connectivity index is 0.00000101. The second-order valence-electron chi connectivity index (χ2n) is 8.83. The number of aromatic nitrogens is 2. The topological polar surface area (TPSA) is 108 Å². The molecule has 2 aliphatic rings. The molecule has 168 valence electrons. The van der Waals surface area contributed by atoms with Crippen LogP contribution in [0.2, 0.25) is 0 Å². The Morgan fingerprint density at radius 1 is 1.33 bits per heavy atom. The molecule has 9 heteroatoms. The standard InChI is InChI=1S/C20H33N5O2.CH2O2/c1-5-17-21-9-6-16(22-17)14-24-10-7-20(8-11-24)15-25(12-13-27-20)18(26)23-19(2,3)4;2-1-3/h6,9H,5,7-8,10-15H2,1-4H3,(H,23,26);1H,(H,2,3). The highest BCUT2D eigenvalue weighted by atomic mass is 16.5. The summed E-state index contributed by atoms with van der Waals surface area (Å²) >= 11 is 0. The molecule has 0 unspecified atom stereocenters. The molecule has 3 rings (SSSR count). The van der Waals surface area contributed by atoms with Crippen molar-refractivity contribution >= 4 is 12.5 Å². The van der Waals surface area contributed by atoms with Crippen molar-refractivity contribution in [2.45, 2.75) is 64.6 Å². The quantitative estimate of drug-likeness (QED) is 0.718. The molecule has 1 aromatic rings. The lowest BCUT2D eigenvalue weighted by atomic mass is 9.89. The summed E-state index contributed by atoms with van der Waals surface area (Å²) in [6, 6.07) is 2.01. The Kier molecular flexibility index (Phi) is 8.54. The summed E-state index contributed by atoms with van der Waals surface area (Å²) < 4.78 is 6.18. The molecule has 30 heavy (non-hydrogen) atoms. The number of hydrogen-bond acceptors (Lipinski definition) is 6. The number of urea groups is 1. The smallest absolute Gasteiger partial charge is 0.317 e. The van der Waals surface area contributed by atoms with Gasteiger partial charge in [-0.15, -0.1) is 0 Å². The summed E-state index contributed by atoms with van der Waals surface area (Å²) in [4.78, 5) is 34.1. The van der Waals surface area contributed by atoms with E-state index in [0.29, 0.717) is 19.7 Å². The predicted octanol–water partition coefficient (Wildman–Crippen LogP) is 1.91. The Labute approximate surface area is 178 Å². The van der Waals surface area contributed by atoms with E-state index in [4.69, 9.17) is 14.6 Å². The van der Waals surface area contributed by atoms with Gasteiger partial charge in [-0.3, -0.25) is 9.69 Å². The molecule has 1 aromatic heterocycles. The van der Waals surface area contributed by atoms with Gasteiger partial charge in [0.2, 0.25) is 0 Å². The second kappa shape index (κ2) is 10.7. The number of likely N-dealkylation sites (tertiary alicyclic amines) is 1. The maximum Gasteiger partial charge on any atom is 0.317 e. The molecule has 0 atom stereocenters. The molecule has 2 saturated heterocycles. The lowest BCUT2D eigenvalue weighted by molar-refractivity contribution is -0.127. The normalized spacial score (nSPS) is 19.0. The molecule has 0 bridgehead atoms. The summed E-state index contributed by atoms with van der Waals surface area (Å²) in [7, 11) is 0. The largest absolute Gasteiger partial charge is 0.483 e. The van der Waals surface area contributed by atoms with Crippen LogP contribution in [0.15, 0.2) is 12.3 Å². The molecule has 2 aliphatic heterocycles. The zero-order valence-corrected chi connectivity index (χ0v) is 18.6. The van der Waals surface area contributed by atoms with Gasteiger partial charge in [0.25, 0.3) is 6.47 Å². The first kappa shape index (κ1) is 24.0. The monoisotopic (exact) mass is 421 g/mol. The number of carbonyl (C=O) groups excluding carboxylic acids is 1. The summed E-state index contributed by atoms with van der Waals surface area (Å²) in [6.07, 6.45) is 4.59. The minimum Gasteiger partial charge on any atom is -0.483 e. The van der Waals surface area contributed by atoms with Crippen molar-refractivity contribution in [3.63, 3.8) is 0 Å². The van der Waals surface area contributed by atoms with E-state index in [9.17, 15) is 4.79 Å². The number of rotatable bonds is 3. The van der Waals surface area contributed by atoms with Gasteiger partial charge < -0.3 is 20.1 Å². The number of hydrogen-bond donors (Lipinski definition) is 2. The van der Waals surface area contributed by atoms with E-state index in [0.717, 1.165) is 50.4 Å². The minimum atomic E-state index is -0.250. The lowest BCUT2D eigenvalue weighted by Crippen LogP contribution is -2.60. The van der Waals surface area contributed by atoms with Crippen molar-refractivity contribution in [3.05, 3.63) is 23.8 Å². The summed E-state index contributed by atoms with van der Waals surface area (Å²) in [5, 5.41) is 9.96. The van der Waals surface area contributed by atoms with E-state index in [1.807, 2.05) is 37.9 Å². The molecule has 0 radical (unpaired) electrons. The van der Waals surface area contributed by atoms with Crippen LogP contribution in [0.1, 0.15) is 52.1 Å². The molecule has 0 aliphatic carbocycles.